The fraction of sp³-hybridized carbons (Fsp3) is 0.833. The standard InChI is InChI=1S/C12H21N3/c1-4-11-9-15(14-13-11)12(2,3)8-10-6-5-7-10/h9-10H,4-8H2,1-3H3. The number of rotatable bonds is 4. The van der Waals surface area contributed by atoms with E-state index >= 15 is 0 Å². The minimum Gasteiger partial charge on any atom is -0.247 e. The van der Waals surface area contributed by atoms with Crippen molar-refractivity contribution in [1.29, 1.82) is 0 Å². The largest absolute Gasteiger partial charge is 0.247 e. The Labute approximate surface area is 91.9 Å². The molecule has 1 aromatic heterocycles. The molecule has 0 atom stereocenters. The number of nitrogens with zero attached hydrogens (tertiary/aromatic N) is 3. The predicted octanol–water partition coefficient (Wildman–Crippen LogP) is 2.77. The highest BCUT2D eigenvalue weighted by Gasteiger charge is 2.29. The average molecular weight is 207 g/mol. The third-order valence-corrected chi connectivity index (χ3v) is 3.54. The summed E-state index contributed by atoms with van der Waals surface area (Å²) in [6, 6.07) is 0. The molecule has 1 aliphatic carbocycles. The monoisotopic (exact) mass is 207 g/mol. The van der Waals surface area contributed by atoms with E-state index in [0.29, 0.717) is 0 Å². The van der Waals surface area contributed by atoms with Crippen LogP contribution >= 0.6 is 0 Å². The Morgan fingerprint density at radius 1 is 1.47 bits per heavy atom. The van der Waals surface area contributed by atoms with Crippen LogP contribution < -0.4 is 0 Å². The summed E-state index contributed by atoms with van der Waals surface area (Å²) < 4.78 is 2.05. The minimum atomic E-state index is 0.130. The van der Waals surface area contributed by atoms with Crippen molar-refractivity contribution in [2.75, 3.05) is 0 Å². The summed E-state index contributed by atoms with van der Waals surface area (Å²) in [7, 11) is 0. The summed E-state index contributed by atoms with van der Waals surface area (Å²) in [6.07, 6.45) is 8.52. The lowest BCUT2D eigenvalue weighted by molar-refractivity contribution is 0.180. The molecule has 0 bridgehead atoms. The van der Waals surface area contributed by atoms with Crippen molar-refractivity contribution in [3.05, 3.63) is 11.9 Å². The molecule has 0 saturated heterocycles. The van der Waals surface area contributed by atoms with Crippen LogP contribution in [0.15, 0.2) is 6.20 Å². The number of aryl methyl sites for hydroxylation is 1. The molecule has 84 valence electrons. The maximum absolute atomic E-state index is 4.24. The van der Waals surface area contributed by atoms with E-state index in [0.717, 1.165) is 18.0 Å². The Balaban J connectivity index is 2.05. The van der Waals surface area contributed by atoms with Gasteiger partial charge < -0.3 is 0 Å². The molecule has 0 amide bonds. The maximum Gasteiger partial charge on any atom is 0.0824 e. The van der Waals surface area contributed by atoms with Gasteiger partial charge in [-0.25, -0.2) is 4.68 Å². The predicted molar refractivity (Wildman–Crippen MR) is 60.7 cm³/mol. The maximum atomic E-state index is 4.24. The van der Waals surface area contributed by atoms with Crippen LogP contribution in [0.2, 0.25) is 0 Å². The Bertz CT molecular complexity index is 323. The average Bonchev–Trinajstić information content (AvgIpc) is 2.60. The van der Waals surface area contributed by atoms with Gasteiger partial charge in [-0.3, -0.25) is 0 Å². The van der Waals surface area contributed by atoms with Crippen molar-refractivity contribution < 1.29 is 0 Å². The summed E-state index contributed by atoms with van der Waals surface area (Å²) in [4.78, 5) is 0. The summed E-state index contributed by atoms with van der Waals surface area (Å²) in [5, 5.41) is 8.40. The van der Waals surface area contributed by atoms with Gasteiger partial charge in [0.15, 0.2) is 0 Å². The van der Waals surface area contributed by atoms with E-state index in [1.165, 1.54) is 25.7 Å². The summed E-state index contributed by atoms with van der Waals surface area (Å²) in [5.74, 6) is 0.911. The van der Waals surface area contributed by atoms with Crippen molar-refractivity contribution in [3.8, 4) is 0 Å². The van der Waals surface area contributed by atoms with Gasteiger partial charge in [-0.2, -0.15) is 0 Å². The quantitative estimate of drug-likeness (QED) is 0.760. The zero-order valence-electron chi connectivity index (χ0n) is 10.0. The van der Waals surface area contributed by atoms with Crippen molar-refractivity contribution in [2.45, 2.75) is 58.4 Å². The molecule has 0 unspecified atom stereocenters. The van der Waals surface area contributed by atoms with Crippen molar-refractivity contribution in [2.24, 2.45) is 5.92 Å². The topological polar surface area (TPSA) is 30.7 Å². The van der Waals surface area contributed by atoms with Crippen molar-refractivity contribution >= 4 is 0 Å². The molecule has 1 heterocycles. The molecular formula is C12H21N3. The molecule has 3 nitrogen and oxygen atoms in total. The smallest absolute Gasteiger partial charge is 0.0824 e. The van der Waals surface area contributed by atoms with Gasteiger partial charge in [-0.05, 0) is 32.6 Å². The van der Waals surface area contributed by atoms with E-state index < -0.39 is 0 Å². The fourth-order valence-electron chi connectivity index (χ4n) is 2.25. The fourth-order valence-corrected chi connectivity index (χ4v) is 2.25. The van der Waals surface area contributed by atoms with Crippen LogP contribution in [0.4, 0.5) is 0 Å². The summed E-state index contributed by atoms with van der Waals surface area (Å²) in [5.41, 5.74) is 1.22. The van der Waals surface area contributed by atoms with Crippen LogP contribution in [0.25, 0.3) is 0 Å². The first-order chi connectivity index (χ1) is 7.12. The van der Waals surface area contributed by atoms with Gasteiger partial charge >= 0.3 is 0 Å². The second kappa shape index (κ2) is 3.95. The third kappa shape index (κ3) is 2.21. The van der Waals surface area contributed by atoms with Crippen molar-refractivity contribution in [3.63, 3.8) is 0 Å². The van der Waals surface area contributed by atoms with Crippen LogP contribution in [-0.2, 0) is 12.0 Å². The zero-order valence-corrected chi connectivity index (χ0v) is 10.0. The molecule has 0 aliphatic heterocycles. The molecule has 3 heteroatoms. The molecule has 0 aromatic carbocycles. The van der Waals surface area contributed by atoms with Crippen LogP contribution in [-0.4, -0.2) is 15.0 Å². The van der Waals surface area contributed by atoms with Crippen LogP contribution in [0.3, 0.4) is 0 Å². The molecule has 0 N–H and O–H groups in total. The number of hydrogen-bond acceptors (Lipinski definition) is 2. The lowest BCUT2D eigenvalue weighted by Gasteiger charge is -2.34. The van der Waals surface area contributed by atoms with Crippen LogP contribution in [0, 0.1) is 5.92 Å². The summed E-state index contributed by atoms with van der Waals surface area (Å²) >= 11 is 0. The van der Waals surface area contributed by atoms with Gasteiger partial charge in [0.2, 0.25) is 0 Å². The highest BCUT2D eigenvalue weighted by molar-refractivity contribution is 4.95. The first-order valence-corrected chi connectivity index (χ1v) is 6.03. The van der Waals surface area contributed by atoms with Gasteiger partial charge in [-0.15, -0.1) is 5.10 Å². The SMILES string of the molecule is CCc1cn(C(C)(C)CC2CCC2)nn1. The highest BCUT2D eigenvalue weighted by atomic mass is 15.4. The van der Waals surface area contributed by atoms with E-state index in [4.69, 9.17) is 0 Å². The molecule has 1 aromatic rings. The van der Waals surface area contributed by atoms with Crippen LogP contribution in [0.1, 0.15) is 52.1 Å². The zero-order chi connectivity index (χ0) is 10.9. The van der Waals surface area contributed by atoms with E-state index in [1.807, 2.05) is 4.68 Å². The van der Waals surface area contributed by atoms with Gasteiger partial charge in [0.1, 0.15) is 0 Å². The first-order valence-electron chi connectivity index (χ1n) is 6.03. The summed E-state index contributed by atoms with van der Waals surface area (Å²) in [6.45, 7) is 6.65. The second-order valence-corrected chi connectivity index (χ2v) is 5.32. The van der Waals surface area contributed by atoms with E-state index in [9.17, 15) is 0 Å². The minimum absolute atomic E-state index is 0.130. The molecular weight excluding hydrogens is 186 g/mol. The molecule has 0 spiro atoms. The Morgan fingerprint density at radius 2 is 2.20 bits per heavy atom. The van der Waals surface area contributed by atoms with Crippen molar-refractivity contribution in [1.82, 2.24) is 15.0 Å². The highest BCUT2D eigenvalue weighted by Crippen LogP contribution is 2.36. The normalized spacial score (nSPS) is 17.8. The third-order valence-electron chi connectivity index (χ3n) is 3.54. The van der Waals surface area contributed by atoms with E-state index in [1.54, 1.807) is 0 Å². The molecule has 1 saturated carbocycles. The molecule has 0 radical (unpaired) electrons. The Hall–Kier alpha value is -0.860. The molecule has 1 fully saturated rings. The molecule has 15 heavy (non-hydrogen) atoms. The lowest BCUT2D eigenvalue weighted by atomic mass is 9.77. The second-order valence-electron chi connectivity index (χ2n) is 5.32. The number of hydrogen-bond donors (Lipinski definition) is 0. The van der Waals surface area contributed by atoms with Gasteiger partial charge in [-0.1, -0.05) is 31.4 Å². The van der Waals surface area contributed by atoms with Gasteiger partial charge in [0.25, 0.3) is 0 Å². The van der Waals surface area contributed by atoms with Gasteiger partial charge in [0.05, 0.1) is 11.2 Å². The number of aromatic nitrogens is 3. The first kappa shape index (κ1) is 10.7. The Kier molecular flexibility index (Phi) is 2.81. The van der Waals surface area contributed by atoms with E-state index in [-0.39, 0.29) is 5.54 Å². The van der Waals surface area contributed by atoms with Gasteiger partial charge in [0, 0.05) is 6.20 Å². The van der Waals surface area contributed by atoms with Crippen LogP contribution in [0.5, 0.6) is 0 Å². The molecule has 2 rings (SSSR count). The molecule has 1 aliphatic rings. The lowest BCUT2D eigenvalue weighted by Crippen LogP contribution is -2.31. The Morgan fingerprint density at radius 3 is 2.67 bits per heavy atom. The van der Waals surface area contributed by atoms with E-state index in [2.05, 4.69) is 37.3 Å².